The first-order valence-electron chi connectivity index (χ1n) is 6.23. The molecule has 1 aromatic carbocycles. The average Bonchev–Trinajstić information content (AvgIpc) is 2.38. The zero-order valence-corrected chi connectivity index (χ0v) is 12.7. The van der Waals surface area contributed by atoms with Gasteiger partial charge in [0.15, 0.2) is 0 Å². The van der Waals surface area contributed by atoms with E-state index < -0.39 is 6.10 Å². The van der Waals surface area contributed by atoms with Crippen LogP contribution in [0.3, 0.4) is 0 Å². The molecule has 0 aliphatic rings. The molecule has 0 radical (unpaired) electrons. The lowest BCUT2D eigenvalue weighted by Crippen LogP contribution is -2.06. The number of benzene rings is 1. The second-order valence-electron chi connectivity index (χ2n) is 4.66. The maximum absolute atomic E-state index is 10.3. The molecular formula is C15H15Cl2NO2. The van der Waals surface area contributed by atoms with Crippen molar-refractivity contribution < 1.29 is 9.84 Å². The van der Waals surface area contributed by atoms with Crippen LogP contribution in [0.15, 0.2) is 36.5 Å². The summed E-state index contributed by atoms with van der Waals surface area (Å²) in [7, 11) is 0. The maximum atomic E-state index is 10.3. The molecule has 0 saturated heterocycles. The molecule has 0 aliphatic heterocycles. The van der Waals surface area contributed by atoms with Crippen LogP contribution in [0, 0.1) is 0 Å². The molecule has 0 spiro atoms. The average molecular weight is 312 g/mol. The number of hydrogen-bond acceptors (Lipinski definition) is 3. The molecule has 0 amide bonds. The summed E-state index contributed by atoms with van der Waals surface area (Å²) in [5.41, 5.74) is 1.08. The highest BCUT2D eigenvalue weighted by atomic mass is 35.5. The molecule has 106 valence electrons. The molecule has 2 rings (SSSR count). The van der Waals surface area contributed by atoms with Gasteiger partial charge in [-0.3, -0.25) is 4.98 Å². The van der Waals surface area contributed by atoms with Crippen molar-refractivity contribution in [3.63, 3.8) is 0 Å². The zero-order chi connectivity index (χ0) is 14.7. The van der Waals surface area contributed by atoms with Crippen molar-refractivity contribution in [1.29, 1.82) is 0 Å². The van der Waals surface area contributed by atoms with Gasteiger partial charge >= 0.3 is 0 Å². The fourth-order valence-corrected chi connectivity index (χ4v) is 2.27. The number of pyridine rings is 1. The van der Waals surface area contributed by atoms with E-state index in [4.69, 9.17) is 27.9 Å². The van der Waals surface area contributed by atoms with Crippen LogP contribution in [0.5, 0.6) is 5.75 Å². The van der Waals surface area contributed by atoms with Crippen LogP contribution >= 0.6 is 23.2 Å². The maximum Gasteiger partial charge on any atom is 0.122 e. The highest BCUT2D eigenvalue weighted by molar-refractivity contribution is 6.34. The Labute approximate surface area is 128 Å². The summed E-state index contributed by atoms with van der Waals surface area (Å²) in [4.78, 5) is 4.08. The summed E-state index contributed by atoms with van der Waals surface area (Å²) in [6, 6.07) is 8.75. The minimum Gasteiger partial charge on any atom is -0.491 e. The van der Waals surface area contributed by atoms with Crippen LogP contribution in [0.2, 0.25) is 10.0 Å². The minimum atomic E-state index is -0.895. The molecule has 0 aliphatic carbocycles. The Morgan fingerprint density at radius 2 is 1.80 bits per heavy atom. The van der Waals surface area contributed by atoms with E-state index in [0.717, 1.165) is 5.75 Å². The van der Waals surface area contributed by atoms with Crippen molar-refractivity contribution in [2.75, 3.05) is 0 Å². The van der Waals surface area contributed by atoms with E-state index in [2.05, 4.69) is 4.98 Å². The number of ether oxygens (including phenoxy) is 1. The molecule has 1 N–H and O–H groups in total. The molecule has 1 unspecified atom stereocenters. The summed E-state index contributed by atoms with van der Waals surface area (Å²) < 4.78 is 5.55. The monoisotopic (exact) mass is 311 g/mol. The molecule has 1 aromatic heterocycles. The number of aliphatic hydroxyl groups excluding tert-OH is 1. The summed E-state index contributed by atoms with van der Waals surface area (Å²) >= 11 is 11.8. The number of nitrogens with zero attached hydrogens (tertiary/aromatic N) is 1. The van der Waals surface area contributed by atoms with E-state index in [0.29, 0.717) is 21.3 Å². The van der Waals surface area contributed by atoms with Gasteiger partial charge in [-0.1, -0.05) is 35.3 Å². The van der Waals surface area contributed by atoms with Crippen molar-refractivity contribution in [3.05, 3.63) is 57.8 Å². The van der Waals surface area contributed by atoms with Gasteiger partial charge in [-0.25, -0.2) is 0 Å². The first kappa shape index (κ1) is 15.1. The van der Waals surface area contributed by atoms with Crippen molar-refractivity contribution >= 4 is 23.2 Å². The number of rotatable bonds is 4. The summed E-state index contributed by atoms with van der Waals surface area (Å²) in [5.74, 6) is 0.756. The molecule has 5 heteroatoms. The Balaban J connectivity index is 2.22. The standard InChI is InChI=1S/C15H15Cl2NO2/c1-9(2)20-12-5-3-10(4-6-12)15(19)14-13(17)7-11(16)8-18-14/h3-9,15,19H,1-2H3. The van der Waals surface area contributed by atoms with Crippen molar-refractivity contribution in [2.45, 2.75) is 26.1 Å². The van der Waals surface area contributed by atoms with Gasteiger partial charge in [-0.2, -0.15) is 0 Å². The van der Waals surface area contributed by atoms with Crippen LogP contribution in [0.1, 0.15) is 31.2 Å². The Morgan fingerprint density at radius 1 is 1.15 bits per heavy atom. The van der Waals surface area contributed by atoms with Gasteiger partial charge in [-0.05, 0) is 37.6 Å². The lowest BCUT2D eigenvalue weighted by atomic mass is 10.1. The second-order valence-corrected chi connectivity index (χ2v) is 5.50. The normalized spacial score (nSPS) is 12.5. The minimum absolute atomic E-state index is 0.109. The second kappa shape index (κ2) is 6.44. The third-order valence-electron chi connectivity index (χ3n) is 2.66. The molecule has 1 heterocycles. The number of aromatic nitrogens is 1. The Morgan fingerprint density at radius 3 is 2.35 bits per heavy atom. The zero-order valence-electron chi connectivity index (χ0n) is 11.2. The fourth-order valence-electron chi connectivity index (χ4n) is 1.79. The first-order valence-corrected chi connectivity index (χ1v) is 6.98. The highest BCUT2D eigenvalue weighted by Gasteiger charge is 2.16. The number of halogens is 2. The molecule has 20 heavy (non-hydrogen) atoms. The Hall–Kier alpha value is -1.29. The van der Waals surface area contributed by atoms with Gasteiger partial charge in [0, 0.05) is 6.20 Å². The van der Waals surface area contributed by atoms with Crippen molar-refractivity contribution in [1.82, 2.24) is 4.98 Å². The van der Waals surface area contributed by atoms with E-state index in [1.165, 1.54) is 6.20 Å². The lowest BCUT2D eigenvalue weighted by Gasteiger charge is -2.14. The molecule has 0 fully saturated rings. The van der Waals surface area contributed by atoms with Gasteiger partial charge in [0.05, 0.1) is 21.8 Å². The molecule has 1 atom stereocenters. The molecule has 2 aromatic rings. The van der Waals surface area contributed by atoms with Gasteiger partial charge in [0.2, 0.25) is 0 Å². The van der Waals surface area contributed by atoms with Crippen LogP contribution in [0.25, 0.3) is 0 Å². The smallest absolute Gasteiger partial charge is 0.122 e. The Bertz CT molecular complexity index is 585. The lowest BCUT2D eigenvalue weighted by molar-refractivity contribution is 0.214. The number of hydrogen-bond donors (Lipinski definition) is 1. The third-order valence-corrected chi connectivity index (χ3v) is 3.17. The largest absolute Gasteiger partial charge is 0.491 e. The quantitative estimate of drug-likeness (QED) is 0.917. The van der Waals surface area contributed by atoms with Crippen LogP contribution in [-0.4, -0.2) is 16.2 Å². The van der Waals surface area contributed by atoms with E-state index in [-0.39, 0.29) is 6.10 Å². The van der Waals surface area contributed by atoms with Crippen LogP contribution in [0.4, 0.5) is 0 Å². The topological polar surface area (TPSA) is 42.4 Å². The van der Waals surface area contributed by atoms with Gasteiger partial charge in [0.25, 0.3) is 0 Å². The predicted octanol–water partition coefficient (Wildman–Crippen LogP) is 4.26. The summed E-state index contributed by atoms with van der Waals surface area (Å²) in [5, 5.41) is 11.1. The van der Waals surface area contributed by atoms with Gasteiger partial charge in [0.1, 0.15) is 11.9 Å². The first-order chi connectivity index (χ1) is 9.47. The Kier molecular flexibility index (Phi) is 4.86. The van der Waals surface area contributed by atoms with E-state index in [1.807, 2.05) is 26.0 Å². The van der Waals surface area contributed by atoms with E-state index >= 15 is 0 Å². The van der Waals surface area contributed by atoms with Crippen molar-refractivity contribution in [2.24, 2.45) is 0 Å². The van der Waals surface area contributed by atoms with Gasteiger partial charge < -0.3 is 9.84 Å². The molecule has 0 bridgehead atoms. The van der Waals surface area contributed by atoms with E-state index in [9.17, 15) is 5.11 Å². The fraction of sp³-hybridized carbons (Fsp3) is 0.267. The molecule has 0 saturated carbocycles. The SMILES string of the molecule is CC(C)Oc1ccc(C(O)c2ncc(Cl)cc2Cl)cc1. The number of aliphatic hydroxyl groups is 1. The molecular weight excluding hydrogens is 297 g/mol. The predicted molar refractivity (Wildman–Crippen MR) is 80.5 cm³/mol. The summed E-state index contributed by atoms with van der Waals surface area (Å²) in [6.07, 6.45) is 0.674. The summed E-state index contributed by atoms with van der Waals surface area (Å²) in [6.45, 7) is 3.92. The van der Waals surface area contributed by atoms with Gasteiger partial charge in [-0.15, -0.1) is 0 Å². The van der Waals surface area contributed by atoms with E-state index in [1.54, 1.807) is 18.2 Å². The highest BCUT2D eigenvalue weighted by Crippen LogP contribution is 2.29. The van der Waals surface area contributed by atoms with Crippen LogP contribution in [-0.2, 0) is 0 Å². The van der Waals surface area contributed by atoms with Crippen molar-refractivity contribution in [3.8, 4) is 5.75 Å². The molecule has 3 nitrogen and oxygen atoms in total. The van der Waals surface area contributed by atoms with Crippen LogP contribution < -0.4 is 4.74 Å². The third kappa shape index (κ3) is 3.63.